The van der Waals surface area contributed by atoms with Gasteiger partial charge in [-0.3, -0.25) is 14.7 Å². The number of anilines is 1. The van der Waals surface area contributed by atoms with Crippen molar-refractivity contribution in [2.75, 3.05) is 37.6 Å². The number of ether oxygens (including phenoxy) is 1. The van der Waals surface area contributed by atoms with Gasteiger partial charge >= 0.3 is 5.97 Å². The highest BCUT2D eigenvalue weighted by Crippen LogP contribution is 2.51. The van der Waals surface area contributed by atoms with Crippen molar-refractivity contribution in [3.05, 3.63) is 34.1 Å². The van der Waals surface area contributed by atoms with E-state index in [0.29, 0.717) is 28.3 Å². The van der Waals surface area contributed by atoms with Crippen LogP contribution < -0.4 is 4.90 Å². The van der Waals surface area contributed by atoms with Gasteiger partial charge in [-0.25, -0.2) is 0 Å². The molecule has 2 aliphatic carbocycles. The molecule has 0 unspecified atom stereocenters. The largest absolute Gasteiger partial charge is 0.458 e. The van der Waals surface area contributed by atoms with Crippen LogP contribution in [0.15, 0.2) is 24.0 Å². The van der Waals surface area contributed by atoms with E-state index in [-0.39, 0.29) is 23.9 Å². The molecule has 188 valence electrons. The van der Waals surface area contributed by atoms with Gasteiger partial charge in [-0.1, -0.05) is 43.1 Å². The highest BCUT2D eigenvalue weighted by atomic mass is 35.5. The number of carbonyl (C=O) groups is 1. The lowest BCUT2D eigenvalue weighted by atomic mass is 9.57. The minimum absolute atomic E-state index is 0.0915. The first-order valence-corrected chi connectivity index (χ1v) is 13.2. The van der Waals surface area contributed by atoms with Crippen molar-refractivity contribution < 1.29 is 14.6 Å². The summed E-state index contributed by atoms with van der Waals surface area (Å²) in [6.45, 7) is 12.6. The Morgan fingerprint density at radius 2 is 1.88 bits per heavy atom. The topological polar surface area (TPSA) is 65.9 Å². The average molecular weight is 511 g/mol. The minimum atomic E-state index is -0.829. The third kappa shape index (κ3) is 5.11. The molecule has 1 aromatic heterocycles. The van der Waals surface area contributed by atoms with Crippen LogP contribution in [0.5, 0.6) is 0 Å². The molecule has 1 aromatic rings. The number of hydrogen-bond donors (Lipinski definition) is 1. The molecule has 1 N–H and O–H groups in total. The minimum Gasteiger partial charge on any atom is -0.458 e. The standard InChI is InChI=1S/C26H37Cl2N3O3/c1-16-11-21-20(6-5-18(3)26(21,33)12-24(16)34-19(4)32)17(2)15-30-7-9-31(10-8-30)25-22(27)13-29-14-23(25)28/h11,13-14,17-18,20-21,24,33H,5-10,12,15H2,1-4H3/t17-,18-,20+,21-,24-,26-/m1/s1. The third-order valence-electron chi connectivity index (χ3n) is 8.39. The van der Waals surface area contributed by atoms with Crippen LogP contribution in [0.1, 0.15) is 47.0 Å². The molecule has 6 nitrogen and oxygen atoms in total. The first-order chi connectivity index (χ1) is 16.1. The van der Waals surface area contributed by atoms with Crippen LogP contribution in [0.2, 0.25) is 10.0 Å². The molecule has 2 heterocycles. The SMILES string of the molecule is CC(=O)O[C@@H]1C[C@@]2(O)[C@H](C)CC[C@@H]([C@H](C)CN3CCN(c4c(Cl)cncc4Cl)CC3)[C@H]2C=C1C. The molecule has 3 aliphatic rings. The fourth-order valence-corrected chi connectivity index (χ4v) is 7.01. The molecule has 8 heteroatoms. The van der Waals surface area contributed by atoms with Crippen molar-refractivity contribution in [2.45, 2.75) is 58.7 Å². The Balaban J connectivity index is 1.42. The lowest BCUT2D eigenvalue weighted by Gasteiger charge is -2.53. The van der Waals surface area contributed by atoms with E-state index in [9.17, 15) is 9.90 Å². The van der Waals surface area contributed by atoms with E-state index >= 15 is 0 Å². The van der Waals surface area contributed by atoms with Gasteiger partial charge in [0, 0.05) is 64.4 Å². The highest BCUT2D eigenvalue weighted by molar-refractivity contribution is 6.38. The lowest BCUT2D eigenvalue weighted by Crippen LogP contribution is -2.56. The molecule has 0 amide bonds. The van der Waals surface area contributed by atoms with Crippen LogP contribution in [0, 0.1) is 23.7 Å². The third-order valence-corrected chi connectivity index (χ3v) is 8.94. The molecule has 34 heavy (non-hydrogen) atoms. The van der Waals surface area contributed by atoms with E-state index in [2.05, 4.69) is 34.7 Å². The number of piperazine rings is 1. The molecule has 6 atom stereocenters. The number of esters is 1. The fourth-order valence-electron chi connectivity index (χ4n) is 6.40. The normalized spacial score (nSPS) is 33.1. The Morgan fingerprint density at radius 1 is 1.24 bits per heavy atom. The summed E-state index contributed by atoms with van der Waals surface area (Å²) in [5, 5.41) is 13.0. The number of aliphatic hydroxyl groups is 1. The van der Waals surface area contributed by atoms with Gasteiger partial charge in [-0.2, -0.15) is 0 Å². The molecule has 4 rings (SSSR count). The smallest absolute Gasteiger partial charge is 0.303 e. The maximum atomic E-state index is 11.8. The zero-order valence-corrected chi connectivity index (χ0v) is 22.1. The number of hydrogen-bond acceptors (Lipinski definition) is 6. The lowest BCUT2D eigenvalue weighted by molar-refractivity contribution is -0.159. The second-order valence-electron chi connectivity index (χ2n) is 10.6. The van der Waals surface area contributed by atoms with Gasteiger partial charge in [-0.05, 0) is 43.1 Å². The summed E-state index contributed by atoms with van der Waals surface area (Å²) < 4.78 is 5.54. The maximum Gasteiger partial charge on any atom is 0.303 e. The number of carbonyl (C=O) groups excluding carboxylic acids is 1. The van der Waals surface area contributed by atoms with Gasteiger partial charge in [0.15, 0.2) is 0 Å². The van der Waals surface area contributed by atoms with E-state index in [1.54, 1.807) is 12.4 Å². The molecule has 0 radical (unpaired) electrons. The second-order valence-corrected chi connectivity index (χ2v) is 11.4. The number of halogens is 2. The maximum absolute atomic E-state index is 11.8. The molecule has 0 spiro atoms. The van der Waals surface area contributed by atoms with E-state index in [0.717, 1.165) is 56.8 Å². The van der Waals surface area contributed by atoms with Crippen LogP contribution in [0.4, 0.5) is 5.69 Å². The Kier molecular flexibility index (Phi) is 7.83. The summed E-state index contributed by atoms with van der Waals surface area (Å²) in [7, 11) is 0. The molecule has 1 saturated heterocycles. The average Bonchev–Trinajstić information content (AvgIpc) is 2.77. The summed E-state index contributed by atoms with van der Waals surface area (Å²) in [5.41, 5.74) is 1.11. The fraction of sp³-hybridized carbons (Fsp3) is 0.692. The van der Waals surface area contributed by atoms with Crippen molar-refractivity contribution in [2.24, 2.45) is 23.7 Å². The summed E-state index contributed by atoms with van der Waals surface area (Å²) in [6, 6.07) is 0. The van der Waals surface area contributed by atoms with Gasteiger partial charge < -0.3 is 14.7 Å². The van der Waals surface area contributed by atoms with Gasteiger partial charge in [0.25, 0.3) is 0 Å². The summed E-state index contributed by atoms with van der Waals surface area (Å²) in [5.74, 6) is 0.826. The first kappa shape index (κ1) is 25.7. The number of fused-ring (bicyclic) bond motifs is 1. The molecule has 0 bridgehead atoms. The Bertz CT molecular complexity index is 914. The number of rotatable bonds is 5. The van der Waals surface area contributed by atoms with Crippen LogP contribution in [0.3, 0.4) is 0 Å². The Hall–Kier alpha value is -1.34. The van der Waals surface area contributed by atoms with E-state index in [4.69, 9.17) is 27.9 Å². The molecular weight excluding hydrogens is 473 g/mol. The summed E-state index contributed by atoms with van der Waals surface area (Å²) >= 11 is 12.7. The zero-order valence-electron chi connectivity index (χ0n) is 20.6. The number of aromatic nitrogens is 1. The van der Waals surface area contributed by atoms with Crippen molar-refractivity contribution in [1.82, 2.24) is 9.88 Å². The molecule has 0 aromatic carbocycles. The van der Waals surface area contributed by atoms with Crippen LogP contribution in [-0.2, 0) is 9.53 Å². The van der Waals surface area contributed by atoms with Crippen LogP contribution in [0.25, 0.3) is 0 Å². The quantitative estimate of drug-likeness (QED) is 0.453. The zero-order chi connectivity index (χ0) is 24.6. The number of pyridine rings is 1. The van der Waals surface area contributed by atoms with Crippen molar-refractivity contribution in [1.29, 1.82) is 0 Å². The van der Waals surface area contributed by atoms with Crippen molar-refractivity contribution in [3.63, 3.8) is 0 Å². The first-order valence-electron chi connectivity index (χ1n) is 12.4. The second kappa shape index (κ2) is 10.3. The van der Waals surface area contributed by atoms with Crippen molar-refractivity contribution >= 4 is 34.9 Å². The summed E-state index contributed by atoms with van der Waals surface area (Å²) in [4.78, 5) is 20.4. The molecule has 1 aliphatic heterocycles. The van der Waals surface area contributed by atoms with Crippen molar-refractivity contribution in [3.8, 4) is 0 Å². The van der Waals surface area contributed by atoms with E-state index < -0.39 is 5.60 Å². The van der Waals surface area contributed by atoms with E-state index in [1.165, 1.54) is 6.92 Å². The van der Waals surface area contributed by atoms with E-state index in [1.807, 2.05) is 6.92 Å². The monoisotopic (exact) mass is 509 g/mol. The van der Waals surface area contributed by atoms with Gasteiger partial charge in [-0.15, -0.1) is 0 Å². The van der Waals surface area contributed by atoms with Crippen LogP contribution >= 0.6 is 23.2 Å². The Morgan fingerprint density at radius 3 is 2.50 bits per heavy atom. The summed E-state index contributed by atoms with van der Waals surface area (Å²) in [6.07, 6.45) is 7.78. The van der Waals surface area contributed by atoms with Gasteiger partial charge in [0.1, 0.15) is 6.10 Å². The number of nitrogens with zero attached hydrogens (tertiary/aromatic N) is 3. The predicted molar refractivity (Wildman–Crippen MR) is 136 cm³/mol. The highest BCUT2D eigenvalue weighted by Gasteiger charge is 2.52. The Labute approximate surface area is 213 Å². The molecular formula is C26H37Cl2N3O3. The predicted octanol–water partition coefficient (Wildman–Crippen LogP) is 4.82. The van der Waals surface area contributed by atoms with Gasteiger partial charge in [0.05, 0.1) is 21.3 Å². The van der Waals surface area contributed by atoms with Gasteiger partial charge in [0.2, 0.25) is 0 Å². The van der Waals surface area contributed by atoms with Crippen LogP contribution in [-0.4, -0.2) is 65.4 Å². The molecule has 1 saturated carbocycles. The molecule has 2 fully saturated rings.